The summed E-state index contributed by atoms with van der Waals surface area (Å²) in [4.78, 5) is 11.2. The summed E-state index contributed by atoms with van der Waals surface area (Å²) < 4.78 is 5.04. The third kappa shape index (κ3) is 3.24. The molecular formula is C12H17NO3. The molecule has 0 heterocycles. The van der Waals surface area contributed by atoms with Crippen LogP contribution in [0.2, 0.25) is 0 Å². The average Bonchev–Trinajstić information content (AvgIpc) is 2.35. The minimum atomic E-state index is -0.161. The van der Waals surface area contributed by atoms with Gasteiger partial charge in [0.15, 0.2) is 0 Å². The second-order valence-corrected chi connectivity index (χ2v) is 3.53. The molecule has 1 aromatic rings. The number of amides is 1. The predicted molar refractivity (Wildman–Crippen MR) is 61.5 cm³/mol. The summed E-state index contributed by atoms with van der Waals surface area (Å²) in [5, 5.41) is 11.8. The van der Waals surface area contributed by atoms with Gasteiger partial charge in [0.25, 0.3) is 0 Å². The van der Waals surface area contributed by atoms with Gasteiger partial charge in [-0.05, 0) is 17.7 Å². The van der Waals surface area contributed by atoms with Gasteiger partial charge in [0.2, 0.25) is 5.91 Å². The molecule has 1 atom stereocenters. The fourth-order valence-corrected chi connectivity index (χ4v) is 1.49. The maximum atomic E-state index is 11.2. The molecule has 4 nitrogen and oxygen atoms in total. The van der Waals surface area contributed by atoms with Gasteiger partial charge >= 0.3 is 0 Å². The highest BCUT2D eigenvalue weighted by Crippen LogP contribution is 2.21. The van der Waals surface area contributed by atoms with Gasteiger partial charge in [-0.15, -0.1) is 0 Å². The molecule has 0 spiro atoms. The van der Waals surface area contributed by atoms with Crippen molar-refractivity contribution in [2.24, 2.45) is 0 Å². The molecule has 1 amide bonds. The number of benzene rings is 1. The Bertz CT molecular complexity index is 335. The van der Waals surface area contributed by atoms with Crippen LogP contribution >= 0.6 is 0 Å². The van der Waals surface area contributed by atoms with Crippen LogP contribution in [0, 0.1) is 0 Å². The Morgan fingerprint density at radius 2 is 2.06 bits per heavy atom. The monoisotopic (exact) mass is 223 g/mol. The number of aliphatic hydroxyl groups excluding tert-OH is 1. The van der Waals surface area contributed by atoms with Crippen molar-refractivity contribution >= 4 is 5.91 Å². The number of carbonyl (C=O) groups excluding carboxylic acids is 1. The summed E-state index contributed by atoms with van der Waals surface area (Å²) in [6.07, 6.45) is 0.291. The predicted octanol–water partition coefficient (Wildman–Crippen LogP) is 0.907. The number of rotatable bonds is 5. The largest absolute Gasteiger partial charge is 0.497 e. The Kier molecular flexibility index (Phi) is 4.79. The van der Waals surface area contributed by atoms with Crippen molar-refractivity contribution in [2.75, 3.05) is 20.8 Å². The lowest BCUT2D eigenvalue weighted by Crippen LogP contribution is -2.21. The third-order valence-corrected chi connectivity index (χ3v) is 2.52. The van der Waals surface area contributed by atoms with Crippen LogP contribution in [-0.2, 0) is 4.79 Å². The summed E-state index contributed by atoms with van der Waals surface area (Å²) in [5.74, 6) is 0.529. The zero-order valence-corrected chi connectivity index (χ0v) is 9.56. The number of carbonyl (C=O) groups is 1. The molecule has 0 saturated heterocycles. The highest BCUT2D eigenvalue weighted by atomic mass is 16.5. The molecule has 4 heteroatoms. The lowest BCUT2D eigenvalue weighted by molar-refractivity contribution is -0.121. The Balaban J connectivity index is 2.74. The Morgan fingerprint density at radius 1 is 1.44 bits per heavy atom. The van der Waals surface area contributed by atoms with Gasteiger partial charge in [-0.3, -0.25) is 4.79 Å². The molecule has 0 aromatic heterocycles. The molecule has 88 valence electrons. The lowest BCUT2D eigenvalue weighted by atomic mass is 9.96. The van der Waals surface area contributed by atoms with Crippen molar-refractivity contribution in [3.63, 3.8) is 0 Å². The molecule has 0 radical (unpaired) electrons. The van der Waals surface area contributed by atoms with E-state index in [9.17, 15) is 9.90 Å². The Morgan fingerprint density at radius 3 is 2.50 bits per heavy atom. The molecule has 1 aromatic carbocycles. The van der Waals surface area contributed by atoms with Crippen LogP contribution < -0.4 is 10.1 Å². The molecule has 0 fully saturated rings. The number of hydrogen-bond donors (Lipinski definition) is 2. The van der Waals surface area contributed by atoms with Gasteiger partial charge in [0.1, 0.15) is 5.75 Å². The summed E-state index contributed by atoms with van der Waals surface area (Å²) in [6, 6.07) is 7.37. The number of aliphatic hydroxyl groups is 1. The van der Waals surface area contributed by atoms with Gasteiger partial charge in [0.05, 0.1) is 13.7 Å². The SMILES string of the molecule is CNC(=O)C[C@@H](CO)c1ccc(OC)cc1. The summed E-state index contributed by atoms with van der Waals surface area (Å²) in [7, 11) is 3.19. The number of nitrogens with one attached hydrogen (secondary N) is 1. The molecule has 0 aliphatic heterocycles. The normalized spacial score (nSPS) is 11.9. The molecule has 16 heavy (non-hydrogen) atoms. The molecule has 1 rings (SSSR count). The van der Waals surface area contributed by atoms with Crippen molar-refractivity contribution in [1.82, 2.24) is 5.32 Å². The van der Waals surface area contributed by atoms with E-state index in [0.29, 0.717) is 6.42 Å². The molecule has 0 unspecified atom stereocenters. The standard InChI is InChI=1S/C12H17NO3/c1-13-12(15)7-10(8-14)9-3-5-11(16-2)6-4-9/h3-6,10,14H,7-8H2,1-2H3,(H,13,15)/t10-/m0/s1. The van der Waals surface area contributed by atoms with E-state index in [2.05, 4.69) is 5.32 Å². The quantitative estimate of drug-likeness (QED) is 0.780. The maximum Gasteiger partial charge on any atom is 0.220 e. The molecule has 0 aliphatic rings. The van der Waals surface area contributed by atoms with Crippen LogP contribution in [0.15, 0.2) is 24.3 Å². The first-order valence-electron chi connectivity index (χ1n) is 5.16. The first kappa shape index (κ1) is 12.5. The zero-order valence-electron chi connectivity index (χ0n) is 9.56. The molecule has 0 bridgehead atoms. The van der Waals surface area contributed by atoms with Crippen LogP contribution in [0.3, 0.4) is 0 Å². The van der Waals surface area contributed by atoms with E-state index in [1.165, 1.54) is 0 Å². The Labute approximate surface area is 95.2 Å². The molecule has 2 N–H and O–H groups in total. The first-order chi connectivity index (χ1) is 7.71. The molecule has 0 aliphatic carbocycles. The second kappa shape index (κ2) is 6.12. The van der Waals surface area contributed by atoms with Crippen LogP contribution in [0.25, 0.3) is 0 Å². The minimum Gasteiger partial charge on any atom is -0.497 e. The van der Waals surface area contributed by atoms with Crippen LogP contribution in [0.5, 0.6) is 5.75 Å². The van der Waals surface area contributed by atoms with E-state index in [0.717, 1.165) is 11.3 Å². The molecular weight excluding hydrogens is 206 g/mol. The minimum absolute atomic E-state index is 0.0419. The highest BCUT2D eigenvalue weighted by molar-refractivity contribution is 5.76. The Hall–Kier alpha value is -1.55. The first-order valence-corrected chi connectivity index (χ1v) is 5.16. The van der Waals surface area contributed by atoms with Crippen molar-refractivity contribution < 1.29 is 14.6 Å². The lowest BCUT2D eigenvalue weighted by Gasteiger charge is -2.13. The van der Waals surface area contributed by atoms with Crippen molar-refractivity contribution in [1.29, 1.82) is 0 Å². The van der Waals surface area contributed by atoms with Crippen molar-refractivity contribution in [3.05, 3.63) is 29.8 Å². The maximum absolute atomic E-state index is 11.2. The van der Waals surface area contributed by atoms with Crippen molar-refractivity contribution in [2.45, 2.75) is 12.3 Å². The van der Waals surface area contributed by atoms with Gasteiger partial charge in [-0.25, -0.2) is 0 Å². The van der Waals surface area contributed by atoms with Crippen molar-refractivity contribution in [3.8, 4) is 5.75 Å². The van der Waals surface area contributed by atoms with E-state index < -0.39 is 0 Å². The summed E-state index contributed by atoms with van der Waals surface area (Å²) in [5.41, 5.74) is 0.937. The van der Waals surface area contributed by atoms with Crippen LogP contribution in [0.1, 0.15) is 17.9 Å². The number of hydrogen-bond acceptors (Lipinski definition) is 3. The average molecular weight is 223 g/mol. The smallest absolute Gasteiger partial charge is 0.220 e. The second-order valence-electron chi connectivity index (χ2n) is 3.53. The third-order valence-electron chi connectivity index (χ3n) is 2.52. The number of ether oxygens (including phenoxy) is 1. The van der Waals surface area contributed by atoms with E-state index >= 15 is 0 Å². The number of methoxy groups -OCH3 is 1. The van der Waals surface area contributed by atoms with Gasteiger partial charge < -0.3 is 15.2 Å². The topological polar surface area (TPSA) is 58.6 Å². The van der Waals surface area contributed by atoms with Gasteiger partial charge in [0, 0.05) is 19.4 Å². The fraction of sp³-hybridized carbons (Fsp3) is 0.417. The van der Waals surface area contributed by atoms with E-state index in [4.69, 9.17) is 4.74 Å². The van der Waals surface area contributed by atoms with E-state index in [1.807, 2.05) is 24.3 Å². The van der Waals surface area contributed by atoms with E-state index in [-0.39, 0.29) is 18.4 Å². The van der Waals surface area contributed by atoms with Crippen LogP contribution in [0.4, 0.5) is 0 Å². The summed E-state index contributed by atoms with van der Waals surface area (Å²) in [6.45, 7) is -0.0419. The van der Waals surface area contributed by atoms with Crippen LogP contribution in [-0.4, -0.2) is 31.8 Å². The van der Waals surface area contributed by atoms with E-state index in [1.54, 1.807) is 14.2 Å². The van der Waals surface area contributed by atoms with Gasteiger partial charge in [-0.1, -0.05) is 12.1 Å². The zero-order chi connectivity index (χ0) is 12.0. The molecule has 0 saturated carbocycles. The fourth-order valence-electron chi connectivity index (χ4n) is 1.49. The highest BCUT2D eigenvalue weighted by Gasteiger charge is 2.14. The summed E-state index contributed by atoms with van der Waals surface area (Å²) >= 11 is 0. The van der Waals surface area contributed by atoms with Gasteiger partial charge in [-0.2, -0.15) is 0 Å².